The molecule has 0 radical (unpaired) electrons. The smallest absolute Gasteiger partial charge is 0.305 e. The van der Waals surface area contributed by atoms with E-state index in [-0.39, 0.29) is 11.8 Å². The van der Waals surface area contributed by atoms with Crippen molar-refractivity contribution >= 4 is 17.7 Å². The van der Waals surface area contributed by atoms with Crippen molar-refractivity contribution in [2.75, 3.05) is 5.75 Å². The van der Waals surface area contributed by atoms with Crippen LogP contribution in [0.2, 0.25) is 0 Å². The molecule has 64 valence electrons. The SMILES string of the molecule is NC(CC(=O)O)SCC1CC1. The lowest BCUT2D eigenvalue weighted by atomic mass is 10.4. The molecule has 0 aromatic carbocycles. The first-order chi connectivity index (χ1) is 5.18. The minimum absolute atomic E-state index is 0.0807. The van der Waals surface area contributed by atoms with Gasteiger partial charge in [-0.3, -0.25) is 4.79 Å². The quantitative estimate of drug-likeness (QED) is 0.609. The van der Waals surface area contributed by atoms with Crippen LogP contribution in [0.25, 0.3) is 0 Å². The lowest BCUT2D eigenvalue weighted by Gasteiger charge is -2.06. The molecule has 0 aromatic rings. The standard InChI is InChI=1S/C7H13NO2S/c8-6(3-7(9)10)11-4-5-1-2-5/h5-6H,1-4,8H2,(H,9,10). The molecule has 1 rings (SSSR count). The maximum atomic E-state index is 10.2. The van der Waals surface area contributed by atoms with E-state index < -0.39 is 5.97 Å². The zero-order valence-corrected chi connectivity index (χ0v) is 7.14. The van der Waals surface area contributed by atoms with E-state index >= 15 is 0 Å². The molecule has 3 N–H and O–H groups in total. The van der Waals surface area contributed by atoms with E-state index in [1.165, 1.54) is 12.8 Å². The summed E-state index contributed by atoms with van der Waals surface area (Å²) in [5, 5.41) is 8.16. The number of thioether (sulfide) groups is 1. The Morgan fingerprint density at radius 3 is 2.82 bits per heavy atom. The Kier molecular flexibility index (Phi) is 3.20. The molecule has 1 aliphatic rings. The summed E-state index contributed by atoms with van der Waals surface area (Å²) in [5.74, 6) is 1.05. The first-order valence-electron chi connectivity index (χ1n) is 3.77. The maximum absolute atomic E-state index is 10.2. The normalized spacial score (nSPS) is 19.7. The number of carboxylic acids is 1. The molecule has 1 aliphatic carbocycles. The molecule has 11 heavy (non-hydrogen) atoms. The highest BCUT2D eigenvalue weighted by atomic mass is 32.2. The van der Waals surface area contributed by atoms with Crippen LogP contribution in [0.3, 0.4) is 0 Å². The van der Waals surface area contributed by atoms with Gasteiger partial charge in [0.05, 0.1) is 11.8 Å². The predicted molar refractivity (Wildman–Crippen MR) is 45.4 cm³/mol. The maximum Gasteiger partial charge on any atom is 0.305 e. The molecule has 0 heterocycles. The zero-order valence-electron chi connectivity index (χ0n) is 6.32. The molecular weight excluding hydrogens is 162 g/mol. The van der Waals surface area contributed by atoms with E-state index in [2.05, 4.69) is 0 Å². The lowest BCUT2D eigenvalue weighted by Crippen LogP contribution is -2.20. The van der Waals surface area contributed by atoms with Gasteiger partial charge >= 0.3 is 5.97 Å². The van der Waals surface area contributed by atoms with Crippen LogP contribution >= 0.6 is 11.8 Å². The molecule has 0 amide bonds. The third kappa shape index (κ3) is 4.27. The van der Waals surface area contributed by atoms with Crippen LogP contribution in [-0.2, 0) is 4.79 Å². The Hall–Kier alpha value is -0.220. The highest BCUT2D eigenvalue weighted by molar-refractivity contribution is 7.99. The predicted octanol–water partition coefficient (Wildman–Crippen LogP) is 0.889. The van der Waals surface area contributed by atoms with Gasteiger partial charge in [-0.1, -0.05) is 0 Å². The Balaban J connectivity index is 1.99. The van der Waals surface area contributed by atoms with Crippen molar-refractivity contribution < 1.29 is 9.90 Å². The molecular formula is C7H13NO2S. The fourth-order valence-electron chi connectivity index (χ4n) is 0.775. The van der Waals surface area contributed by atoms with Crippen molar-refractivity contribution in [2.45, 2.75) is 24.6 Å². The van der Waals surface area contributed by atoms with Gasteiger partial charge < -0.3 is 10.8 Å². The number of carbonyl (C=O) groups is 1. The van der Waals surface area contributed by atoms with E-state index in [1.54, 1.807) is 11.8 Å². The zero-order chi connectivity index (χ0) is 8.27. The van der Waals surface area contributed by atoms with E-state index in [1.807, 2.05) is 0 Å². The molecule has 3 nitrogen and oxygen atoms in total. The van der Waals surface area contributed by atoms with Gasteiger partial charge in [0.25, 0.3) is 0 Å². The fraction of sp³-hybridized carbons (Fsp3) is 0.857. The highest BCUT2D eigenvalue weighted by Gasteiger charge is 2.22. The second-order valence-electron chi connectivity index (χ2n) is 2.91. The average molecular weight is 175 g/mol. The first kappa shape index (κ1) is 8.87. The van der Waals surface area contributed by atoms with E-state index in [9.17, 15) is 4.79 Å². The second kappa shape index (κ2) is 3.97. The van der Waals surface area contributed by atoms with Gasteiger partial charge in [0, 0.05) is 0 Å². The van der Waals surface area contributed by atoms with Crippen LogP contribution < -0.4 is 5.73 Å². The van der Waals surface area contributed by atoms with Crippen LogP contribution in [0.4, 0.5) is 0 Å². The van der Waals surface area contributed by atoms with Crippen molar-refractivity contribution in [3.05, 3.63) is 0 Å². The van der Waals surface area contributed by atoms with Gasteiger partial charge in [-0.15, -0.1) is 11.8 Å². The number of hydrogen-bond acceptors (Lipinski definition) is 3. The molecule has 1 fully saturated rings. The van der Waals surface area contributed by atoms with Crippen molar-refractivity contribution in [3.8, 4) is 0 Å². The van der Waals surface area contributed by atoms with Crippen molar-refractivity contribution in [3.63, 3.8) is 0 Å². The van der Waals surface area contributed by atoms with Crippen LogP contribution in [0.15, 0.2) is 0 Å². The summed E-state index contributed by atoms with van der Waals surface area (Å²) in [6.45, 7) is 0. The van der Waals surface area contributed by atoms with Crippen LogP contribution in [0, 0.1) is 5.92 Å². The molecule has 4 heteroatoms. The van der Waals surface area contributed by atoms with E-state index in [0.29, 0.717) is 0 Å². The van der Waals surface area contributed by atoms with Gasteiger partial charge in [0.1, 0.15) is 0 Å². The molecule has 0 bridgehead atoms. The molecule has 1 saturated carbocycles. The Morgan fingerprint density at radius 2 is 2.36 bits per heavy atom. The summed E-state index contributed by atoms with van der Waals surface area (Å²) >= 11 is 1.57. The first-order valence-corrected chi connectivity index (χ1v) is 4.82. The van der Waals surface area contributed by atoms with Crippen LogP contribution in [-0.4, -0.2) is 22.2 Å². The summed E-state index contributed by atoms with van der Waals surface area (Å²) in [7, 11) is 0. The minimum atomic E-state index is -0.805. The van der Waals surface area contributed by atoms with Crippen molar-refractivity contribution in [1.82, 2.24) is 0 Å². The number of carboxylic acid groups (broad SMARTS) is 1. The number of nitrogens with two attached hydrogens (primary N) is 1. The van der Waals surface area contributed by atoms with Gasteiger partial charge in [0.15, 0.2) is 0 Å². The minimum Gasteiger partial charge on any atom is -0.481 e. The lowest BCUT2D eigenvalue weighted by molar-refractivity contribution is -0.136. The number of aliphatic carboxylic acids is 1. The van der Waals surface area contributed by atoms with Gasteiger partial charge in [0.2, 0.25) is 0 Å². The van der Waals surface area contributed by atoms with Crippen LogP contribution in [0.1, 0.15) is 19.3 Å². The average Bonchev–Trinajstić information content (AvgIpc) is 2.63. The van der Waals surface area contributed by atoms with Gasteiger partial charge in [-0.25, -0.2) is 0 Å². The van der Waals surface area contributed by atoms with E-state index in [4.69, 9.17) is 10.8 Å². The summed E-state index contributed by atoms with van der Waals surface area (Å²) in [6.07, 6.45) is 2.68. The molecule has 1 unspecified atom stereocenters. The van der Waals surface area contributed by atoms with Gasteiger partial charge in [-0.05, 0) is 24.5 Å². The summed E-state index contributed by atoms with van der Waals surface area (Å²) < 4.78 is 0. The topological polar surface area (TPSA) is 63.3 Å². The van der Waals surface area contributed by atoms with Crippen LogP contribution in [0.5, 0.6) is 0 Å². The van der Waals surface area contributed by atoms with Crippen molar-refractivity contribution in [1.29, 1.82) is 0 Å². The molecule has 1 atom stereocenters. The third-order valence-electron chi connectivity index (χ3n) is 1.62. The highest BCUT2D eigenvalue weighted by Crippen LogP contribution is 2.33. The van der Waals surface area contributed by atoms with E-state index in [0.717, 1.165) is 11.7 Å². The largest absolute Gasteiger partial charge is 0.481 e. The molecule has 0 aliphatic heterocycles. The van der Waals surface area contributed by atoms with Crippen molar-refractivity contribution in [2.24, 2.45) is 11.7 Å². The van der Waals surface area contributed by atoms with Gasteiger partial charge in [-0.2, -0.15) is 0 Å². The molecule has 0 saturated heterocycles. The number of rotatable bonds is 5. The molecule has 0 spiro atoms. The number of hydrogen-bond donors (Lipinski definition) is 2. The molecule has 0 aromatic heterocycles. The second-order valence-corrected chi connectivity index (χ2v) is 4.19. The fourth-order valence-corrected chi connectivity index (χ4v) is 1.89. The Labute approximate surface area is 70.3 Å². The monoisotopic (exact) mass is 175 g/mol. The Morgan fingerprint density at radius 1 is 1.73 bits per heavy atom. The third-order valence-corrected chi connectivity index (χ3v) is 2.88. The summed E-state index contributed by atoms with van der Waals surface area (Å²) in [5.41, 5.74) is 5.53. The Bertz CT molecular complexity index is 147. The summed E-state index contributed by atoms with van der Waals surface area (Å²) in [4.78, 5) is 10.2. The summed E-state index contributed by atoms with van der Waals surface area (Å²) in [6, 6.07) is 0.